The van der Waals surface area contributed by atoms with Crippen LogP contribution in [0, 0.1) is 0 Å². The van der Waals surface area contributed by atoms with E-state index in [1.165, 1.54) is 35.6 Å². The van der Waals surface area contributed by atoms with E-state index in [1.807, 2.05) is 6.92 Å². The molecule has 0 saturated carbocycles. The molecule has 0 radical (unpaired) electrons. The lowest BCUT2D eigenvalue weighted by Gasteiger charge is -2.06. The second-order valence-corrected chi connectivity index (χ2v) is 8.17. The Labute approximate surface area is 149 Å². The molecule has 130 valence electrons. The average molecular weight is 389 g/mol. The van der Waals surface area contributed by atoms with Gasteiger partial charge in [-0.1, -0.05) is 29.9 Å². The Hall–Kier alpha value is -1.55. The van der Waals surface area contributed by atoms with Crippen LogP contribution in [-0.2, 0) is 21.2 Å². The molecule has 0 aliphatic heterocycles. The molecule has 7 nitrogen and oxygen atoms in total. The number of carbonyl (C=O) groups excluding carboxylic acids is 1. The fourth-order valence-electron chi connectivity index (χ4n) is 1.80. The third-order valence-corrected chi connectivity index (χ3v) is 5.57. The summed E-state index contributed by atoms with van der Waals surface area (Å²) in [6.45, 7) is 2.02. The summed E-state index contributed by atoms with van der Waals surface area (Å²) in [6.07, 6.45) is 1.76. The van der Waals surface area contributed by atoms with E-state index in [0.29, 0.717) is 10.2 Å². The number of nitrogens with one attached hydrogen (secondary N) is 2. The van der Waals surface area contributed by atoms with Crippen molar-refractivity contribution < 1.29 is 13.2 Å². The van der Waals surface area contributed by atoms with E-state index < -0.39 is 10.0 Å². The average Bonchev–Trinajstić information content (AvgIpc) is 2.95. The maximum atomic E-state index is 12.1. The molecule has 10 heteroatoms. The first-order valence-corrected chi connectivity index (χ1v) is 9.96. The van der Waals surface area contributed by atoms with Crippen LogP contribution >= 0.6 is 22.9 Å². The molecule has 2 aromatic rings. The minimum atomic E-state index is -3.66. The molecule has 0 bridgehead atoms. The van der Waals surface area contributed by atoms with Crippen LogP contribution in [0.15, 0.2) is 29.2 Å². The molecule has 1 aromatic heterocycles. The molecule has 24 heavy (non-hydrogen) atoms. The number of amides is 1. The van der Waals surface area contributed by atoms with E-state index in [1.54, 1.807) is 0 Å². The summed E-state index contributed by atoms with van der Waals surface area (Å²) in [5.74, 6) is -0.326. The normalized spacial score (nSPS) is 11.4. The smallest absolute Gasteiger partial charge is 0.240 e. The second kappa shape index (κ2) is 8.52. The van der Waals surface area contributed by atoms with Crippen molar-refractivity contribution in [3.05, 3.63) is 34.3 Å². The fraction of sp³-hybridized carbons (Fsp3) is 0.357. The van der Waals surface area contributed by atoms with E-state index in [2.05, 4.69) is 20.2 Å². The molecule has 0 saturated heterocycles. The number of hydrogen-bond acceptors (Lipinski definition) is 6. The van der Waals surface area contributed by atoms with Crippen molar-refractivity contribution >= 4 is 44.0 Å². The largest absolute Gasteiger partial charge is 0.300 e. The highest BCUT2D eigenvalue weighted by Crippen LogP contribution is 2.17. The summed E-state index contributed by atoms with van der Waals surface area (Å²) < 4.78 is 26.5. The van der Waals surface area contributed by atoms with Crippen molar-refractivity contribution in [2.45, 2.75) is 31.1 Å². The van der Waals surface area contributed by atoms with E-state index in [9.17, 15) is 13.2 Å². The maximum absolute atomic E-state index is 12.1. The molecule has 0 spiro atoms. The first kappa shape index (κ1) is 18.8. The number of halogens is 1. The summed E-state index contributed by atoms with van der Waals surface area (Å²) in [7, 11) is -3.66. The molecule has 1 aromatic carbocycles. The molecule has 1 heterocycles. The summed E-state index contributed by atoms with van der Waals surface area (Å²) in [5.41, 5.74) is 0. The van der Waals surface area contributed by atoms with Gasteiger partial charge in [0, 0.05) is 24.4 Å². The lowest BCUT2D eigenvalue weighted by Crippen LogP contribution is -2.27. The summed E-state index contributed by atoms with van der Waals surface area (Å²) in [4.78, 5) is 11.9. The van der Waals surface area contributed by atoms with E-state index in [4.69, 9.17) is 11.6 Å². The summed E-state index contributed by atoms with van der Waals surface area (Å²) >= 11 is 7.05. The van der Waals surface area contributed by atoms with Gasteiger partial charge in [0.15, 0.2) is 0 Å². The zero-order chi connectivity index (χ0) is 17.6. The van der Waals surface area contributed by atoms with Crippen molar-refractivity contribution in [1.29, 1.82) is 0 Å². The van der Waals surface area contributed by atoms with Crippen LogP contribution in [0.4, 0.5) is 5.13 Å². The van der Waals surface area contributed by atoms with Gasteiger partial charge in [0.05, 0.1) is 4.90 Å². The standard InChI is InChI=1S/C14H17ClN4O3S2/c1-2-3-13-18-19-14(23-13)17-12(20)8-9-16-24(21,22)11-6-4-10(15)5-7-11/h4-7,16H,2-3,8-9H2,1H3,(H,17,19,20). The summed E-state index contributed by atoms with van der Waals surface area (Å²) in [5, 5.41) is 12.2. The Kier molecular flexibility index (Phi) is 6.67. The minimum absolute atomic E-state index is 0.00445. The Morgan fingerprint density at radius 1 is 1.25 bits per heavy atom. The van der Waals surface area contributed by atoms with Gasteiger partial charge in [-0.2, -0.15) is 0 Å². The molecule has 0 fully saturated rings. The van der Waals surface area contributed by atoms with Crippen LogP contribution < -0.4 is 10.0 Å². The lowest BCUT2D eigenvalue weighted by molar-refractivity contribution is -0.116. The topological polar surface area (TPSA) is 101 Å². The monoisotopic (exact) mass is 388 g/mol. The van der Waals surface area contributed by atoms with Crippen molar-refractivity contribution in [3.8, 4) is 0 Å². The van der Waals surface area contributed by atoms with Crippen molar-refractivity contribution in [2.24, 2.45) is 0 Å². The van der Waals surface area contributed by atoms with Gasteiger partial charge >= 0.3 is 0 Å². The van der Waals surface area contributed by atoms with Gasteiger partial charge in [-0.25, -0.2) is 13.1 Å². The number of nitrogens with zero attached hydrogens (tertiary/aromatic N) is 2. The van der Waals surface area contributed by atoms with Crippen LogP contribution in [0.25, 0.3) is 0 Å². The van der Waals surface area contributed by atoms with Crippen molar-refractivity contribution in [1.82, 2.24) is 14.9 Å². The van der Waals surface area contributed by atoms with Gasteiger partial charge in [0.25, 0.3) is 0 Å². The third-order valence-electron chi connectivity index (χ3n) is 2.95. The van der Waals surface area contributed by atoms with Crippen molar-refractivity contribution in [2.75, 3.05) is 11.9 Å². The van der Waals surface area contributed by atoms with Gasteiger partial charge in [-0.05, 0) is 30.7 Å². The highest BCUT2D eigenvalue weighted by atomic mass is 35.5. The first-order valence-electron chi connectivity index (χ1n) is 7.28. The number of aryl methyl sites for hydroxylation is 1. The maximum Gasteiger partial charge on any atom is 0.240 e. The van der Waals surface area contributed by atoms with Crippen molar-refractivity contribution in [3.63, 3.8) is 0 Å². The van der Waals surface area contributed by atoms with Gasteiger partial charge in [0.1, 0.15) is 5.01 Å². The predicted molar refractivity (Wildman–Crippen MR) is 93.8 cm³/mol. The zero-order valence-corrected chi connectivity index (χ0v) is 15.3. The number of carbonyl (C=O) groups is 1. The highest BCUT2D eigenvalue weighted by Gasteiger charge is 2.14. The Bertz CT molecular complexity index is 791. The Morgan fingerprint density at radius 3 is 2.62 bits per heavy atom. The number of hydrogen-bond donors (Lipinski definition) is 2. The van der Waals surface area contributed by atoms with Crippen LogP contribution in [-0.4, -0.2) is 31.1 Å². The van der Waals surface area contributed by atoms with Crippen LogP contribution in [0.2, 0.25) is 5.02 Å². The number of rotatable bonds is 8. The predicted octanol–water partition coefficient (Wildman–Crippen LogP) is 2.45. The Morgan fingerprint density at radius 2 is 1.96 bits per heavy atom. The minimum Gasteiger partial charge on any atom is -0.300 e. The summed E-state index contributed by atoms with van der Waals surface area (Å²) in [6, 6.07) is 5.79. The number of aromatic nitrogens is 2. The van der Waals surface area contributed by atoms with Crippen LogP contribution in [0.1, 0.15) is 24.8 Å². The fourth-order valence-corrected chi connectivity index (χ4v) is 3.81. The lowest BCUT2D eigenvalue weighted by atomic mass is 10.4. The molecule has 2 rings (SSSR count). The number of anilines is 1. The molecule has 0 aliphatic rings. The highest BCUT2D eigenvalue weighted by molar-refractivity contribution is 7.89. The van der Waals surface area contributed by atoms with Gasteiger partial charge in [-0.15, -0.1) is 10.2 Å². The Balaban J connectivity index is 1.82. The molecule has 2 N–H and O–H groups in total. The quantitative estimate of drug-likeness (QED) is 0.723. The van der Waals surface area contributed by atoms with E-state index in [0.717, 1.165) is 17.8 Å². The first-order chi connectivity index (χ1) is 11.4. The SMILES string of the molecule is CCCc1nnc(NC(=O)CCNS(=O)(=O)c2ccc(Cl)cc2)s1. The number of sulfonamides is 1. The van der Waals surface area contributed by atoms with Crippen LogP contribution in [0.3, 0.4) is 0 Å². The molecule has 1 amide bonds. The third kappa shape index (κ3) is 5.52. The van der Waals surface area contributed by atoms with Gasteiger partial charge in [-0.3, -0.25) is 4.79 Å². The zero-order valence-electron chi connectivity index (χ0n) is 13.0. The van der Waals surface area contributed by atoms with Gasteiger partial charge < -0.3 is 5.32 Å². The molecular formula is C14H17ClN4O3S2. The molecular weight excluding hydrogens is 372 g/mol. The number of benzene rings is 1. The van der Waals surface area contributed by atoms with Crippen LogP contribution in [0.5, 0.6) is 0 Å². The second-order valence-electron chi connectivity index (χ2n) is 4.90. The molecule has 0 atom stereocenters. The van der Waals surface area contributed by atoms with Gasteiger partial charge in [0.2, 0.25) is 21.1 Å². The van der Waals surface area contributed by atoms with E-state index in [-0.39, 0.29) is 23.8 Å². The molecule has 0 unspecified atom stereocenters. The molecule has 0 aliphatic carbocycles. The van der Waals surface area contributed by atoms with E-state index >= 15 is 0 Å².